The zero-order chi connectivity index (χ0) is 17.9. The Kier molecular flexibility index (Phi) is 5.59. The highest BCUT2D eigenvalue weighted by Gasteiger charge is 2.35. The monoisotopic (exact) mass is 344 g/mol. The van der Waals surface area contributed by atoms with Crippen molar-refractivity contribution in [2.45, 2.75) is 38.9 Å². The third-order valence-electron chi connectivity index (χ3n) is 3.63. The van der Waals surface area contributed by atoms with Gasteiger partial charge >= 0.3 is 6.11 Å². The first-order valence-electron chi connectivity index (χ1n) is 7.54. The SMILES string of the molecule is CCCc1ccc(C(F)(F)OC(C)c2cc(F)c(F)c(F)c2)cc1. The molecule has 0 aliphatic rings. The van der Waals surface area contributed by atoms with Gasteiger partial charge in [0.2, 0.25) is 0 Å². The van der Waals surface area contributed by atoms with Crippen LogP contribution in [0, 0.1) is 17.5 Å². The Balaban J connectivity index is 2.18. The third-order valence-corrected chi connectivity index (χ3v) is 3.63. The lowest BCUT2D eigenvalue weighted by molar-refractivity contribution is -0.272. The van der Waals surface area contributed by atoms with Gasteiger partial charge in [0.15, 0.2) is 17.5 Å². The number of benzene rings is 2. The summed E-state index contributed by atoms with van der Waals surface area (Å²) in [6.07, 6.45) is -3.31. The van der Waals surface area contributed by atoms with Crippen LogP contribution in [0.15, 0.2) is 36.4 Å². The molecule has 2 rings (SSSR count). The minimum Gasteiger partial charge on any atom is -0.309 e. The molecule has 2 aromatic rings. The van der Waals surface area contributed by atoms with Gasteiger partial charge in [-0.3, -0.25) is 0 Å². The summed E-state index contributed by atoms with van der Waals surface area (Å²) in [5.74, 6) is -4.55. The molecule has 24 heavy (non-hydrogen) atoms. The summed E-state index contributed by atoms with van der Waals surface area (Å²) >= 11 is 0. The maximum Gasteiger partial charge on any atom is 0.383 e. The molecule has 1 unspecified atom stereocenters. The molecule has 130 valence electrons. The molecule has 2 aromatic carbocycles. The van der Waals surface area contributed by atoms with Crippen molar-refractivity contribution in [3.05, 3.63) is 70.5 Å². The van der Waals surface area contributed by atoms with Gasteiger partial charge in [-0.2, -0.15) is 8.78 Å². The van der Waals surface area contributed by atoms with Crippen molar-refractivity contribution in [1.29, 1.82) is 0 Å². The van der Waals surface area contributed by atoms with E-state index in [9.17, 15) is 22.0 Å². The fourth-order valence-electron chi connectivity index (χ4n) is 2.32. The molecule has 0 saturated heterocycles. The molecule has 0 fully saturated rings. The highest BCUT2D eigenvalue weighted by molar-refractivity contribution is 5.25. The molecule has 0 saturated carbocycles. The molecule has 0 radical (unpaired) electrons. The Bertz CT molecular complexity index is 674. The zero-order valence-electron chi connectivity index (χ0n) is 13.3. The van der Waals surface area contributed by atoms with Crippen molar-refractivity contribution in [1.82, 2.24) is 0 Å². The molecule has 6 heteroatoms. The van der Waals surface area contributed by atoms with E-state index < -0.39 is 29.7 Å². The van der Waals surface area contributed by atoms with Crippen LogP contribution in [0.25, 0.3) is 0 Å². The van der Waals surface area contributed by atoms with Crippen molar-refractivity contribution in [3.63, 3.8) is 0 Å². The first-order valence-corrected chi connectivity index (χ1v) is 7.54. The molecule has 0 amide bonds. The van der Waals surface area contributed by atoms with Gasteiger partial charge in [0.25, 0.3) is 0 Å². The van der Waals surface area contributed by atoms with Crippen LogP contribution in [0.3, 0.4) is 0 Å². The van der Waals surface area contributed by atoms with Crippen molar-refractivity contribution in [2.75, 3.05) is 0 Å². The van der Waals surface area contributed by atoms with Gasteiger partial charge in [-0.15, -0.1) is 0 Å². The van der Waals surface area contributed by atoms with E-state index in [1.807, 2.05) is 6.92 Å². The van der Waals surface area contributed by atoms with Crippen LogP contribution >= 0.6 is 0 Å². The molecule has 0 spiro atoms. The number of rotatable bonds is 6. The number of halogens is 5. The molecule has 1 nitrogen and oxygen atoms in total. The zero-order valence-corrected chi connectivity index (χ0v) is 13.3. The topological polar surface area (TPSA) is 9.23 Å². The Hall–Kier alpha value is -1.95. The lowest BCUT2D eigenvalue weighted by Crippen LogP contribution is -2.20. The van der Waals surface area contributed by atoms with Gasteiger partial charge in [0, 0.05) is 0 Å². The molecular weight excluding hydrogens is 327 g/mol. The smallest absolute Gasteiger partial charge is 0.309 e. The first-order chi connectivity index (χ1) is 11.2. The normalized spacial score (nSPS) is 13.1. The maximum absolute atomic E-state index is 14.2. The van der Waals surface area contributed by atoms with Gasteiger partial charge in [-0.25, -0.2) is 13.2 Å². The van der Waals surface area contributed by atoms with Gasteiger partial charge in [-0.05, 0) is 36.6 Å². The Morgan fingerprint density at radius 2 is 1.54 bits per heavy atom. The van der Waals surface area contributed by atoms with E-state index in [-0.39, 0.29) is 11.1 Å². The van der Waals surface area contributed by atoms with Crippen LogP contribution < -0.4 is 0 Å². The highest BCUT2D eigenvalue weighted by atomic mass is 19.3. The van der Waals surface area contributed by atoms with E-state index in [0.717, 1.165) is 18.4 Å². The number of hydrogen-bond acceptors (Lipinski definition) is 1. The minimum atomic E-state index is -3.65. The fraction of sp³-hybridized carbons (Fsp3) is 0.333. The van der Waals surface area contributed by atoms with Gasteiger partial charge < -0.3 is 4.74 Å². The lowest BCUT2D eigenvalue weighted by atomic mass is 10.1. The molecule has 0 bridgehead atoms. The molecular formula is C18H17F5O. The summed E-state index contributed by atoms with van der Waals surface area (Å²) in [6, 6.07) is 6.95. The third kappa shape index (κ3) is 4.12. The number of alkyl halides is 2. The molecule has 0 aliphatic heterocycles. The second-order valence-corrected chi connectivity index (χ2v) is 5.52. The maximum atomic E-state index is 14.2. The van der Waals surface area contributed by atoms with Gasteiger partial charge in [0.05, 0.1) is 11.7 Å². The van der Waals surface area contributed by atoms with E-state index in [4.69, 9.17) is 0 Å². The first kappa shape index (κ1) is 18.4. The van der Waals surface area contributed by atoms with Gasteiger partial charge in [0.1, 0.15) is 0 Å². The summed E-state index contributed by atoms with van der Waals surface area (Å²) in [7, 11) is 0. The van der Waals surface area contributed by atoms with E-state index >= 15 is 0 Å². The Morgan fingerprint density at radius 1 is 1.00 bits per heavy atom. The van der Waals surface area contributed by atoms with Crippen LogP contribution in [0.1, 0.15) is 43.1 Å². The summed E-state index contributed by atoms with van der Waals surface area (Å²) in [5, 5.41) is 0. The van der Waals surface area contributed by atoms with Crippen molar-refractivity contribution in [3.8, 4) is 0 Å². The van der Waals surface area contributed by atoms with Crippen LogP contribution in [0.5, 0.6) is 0 Å². The predicted octanol–water partition coefficient (Wildman–Crippen LogP) is 5.88. The van der Waals surface area contributed by atoms with E-state index in [1.165, 1.54) is 19.1 Å². The molecule has 0 aromatic heterocycles. The predicted molar refractivity (Wildman–Crippen MR) is 80.1 cm³/mol. The quantitative estimate of drug-likeness (QED) is 0.469. The van der Waals surface area contributed by atoms with Crippen LogP contribution in [0.4, 0.5) is 22.0 Å². The minimum absolute atomic E-state index is 0.214. The van der Waals surface area contributed by atoms with Crippen molar-refractivity contribution in [2.24, 2.45) is 0 Å². The van der Waals surface area contributed by atoms with Crippen molar-refractivity contribution >= 4 is 0 Å². The summed E-state index contributed by atoms with van der Waals surface area (Å²) in [5.41, 5.74) is 0.346. The number of ether oxygens (including phenoxy) is 1. The van der Waals surface area contributed by atoms with E-state index in [0.29, 0.717) is 12.1 Å². The van der Waals surface area contributed by atoms with Crippen LogP contribution in [-0.2, 0) is 17.3 Å². The van der Waals surface area contributed by atoms with E-state index in [1.54, 1.807) is 12.1 Å². The Labute approximate surface area is 137 Å². The second kappa shape index (κ2) is 7.30. The fourth-order valence-corrected chi connectivity index (χ4v) is 2.32. The number of aryl methyl sites for hydroxylation is 1. The molecule has 0 aliphatic carbocycles. The van der Waals surface area contributed by atoms with Crippen LogP contribution in [-0.4, -0.2) is 0 Å². The molecule has 1 atom stereocenters. The highest BCUT2D eigenvalue weighted by Crippen LogP contribution is 2.35. The number of hydrogen-bond donors (Lipinski definition) is 0. The second-order valence-electron chi connectivity index (χ2n) is 5.52. The summed E-state index contributed by atoms with van der Waals surface area (Å²) in [6.45, 7) is 3.19. The summed E-state index contributed by atoms with van der Waals surface area (Å²) < 4.78 is 72.5. The Morgan fingerprint density at radius 3 is 2.04 bits per heavy atom. The average molecular weight is 344 g/mol. The average Bonchev–Trinajstić information content (AvgIpc) is 2.52. The standard InChI is InChI=1S/C18H17F5O/c1-3-4-12-5-7-14(8-6-12)18(22,23)24-11(2)13-9-15(19)17(21)16(20)10-13/h5-11H,3-4H2,1-2H3. The van der Waals surface area contributed by atoms with Gasteiger partial charge in [-0.1, -0.05) is 37.6 Å². The molecule has 0 heterocycles. The summed E-state index contributed by atoms with van der Waals surface area (Å²) in [4.78, 5) is 0. The lowest BCUT2D eigenvalue weighted by Gasteiger charge is -2.22. The largest absolute Gasteiger partial charge is 0.383 e. The molecule has 0 N–H and O–H groups in total. The van der Waals surface area contributed by atoms with Crippen LogP contribution in [0.2, 0.25) is 0 Å². The van der Waals surface area contributed by atoms with Crippen molar-refractivity contribution < 1.29 is 26.7 Å². The van der Waals surface area contributed by atoms with E-state index in [2.05, 4.69) is 4.74 Å².